The minimum atomic E-state index is -0.263. The standard InChI is InChI=1S/C31H37FN2O4/c1-35-17-2-15-34-16-18-36-30-12-5-24(19-29(30)34)22-38-31-20-33-14-13-28(31)25-6-3-23(4-7-25)21-37-27-10-8-26(32)9-11-27/h3-12,19,28,31,33H,2,13-18,20-22H2,1H3. The van der Waals surface area contributed by atoms with Gasteiger partial charge in [0.15, 0.2) is 0 Å². The number of anilines is 1. The molecule has 38 heavy (non-hydrogen) atoms. The van der Waals surface area contributed by atoms with Crippen molar-refractivity contribution in [3.63, 3.8) is 0 Å². The van der Waals surface area contributed by atoms with E-state index in [1.165, 1.54) is 17.7 Å². The average Bonchev–Trinajstić information content (AvgIpc) is 2.96. The fraction of sp³-hybridized carbons (Fsp3) is 0.419. The SMILES string of the molecule is COCCCN1CCOc2ccc(COC3CNCCC3c3ccc(COc4ccc(F)cc4)cc3)cc21. The van der Waals surface area contributed by atoms with Gasteiger partial charge in [0, 0.05) is 32.7 Å². The van der Waals surface area contributed by atoms with Gasteiger partial charge in [-0.25, -0.2) is 4.39 Å². The normalized spacial score (nSPS) is 19.1. The first-order valence-electron chi connectivity index (χ1n) is 13.5. The highest BCUT2D eigenvalue weighted by Gasteiger charge is 2.27. The van der Waals surface area contributed by atoms with Gasteiger partial charge in [-0.3, -0.25) is 0 Å². The van der Waals surface area contributed by atoms with Crippen molar-refractivity contribution in [2.24, 2.45) is 0 Å². The molecular weight excluding hydrogens is 483 g/mol. The molecule has 1 N–H and O–H groups in total. The number of benzene rings is 3. The van der Waals surface area contributed by atoms with Crippen molar-refractivity contribution in [1.82, 2.24) is 5.32 Å². The number of piperidine rings is 1. The summed E-state index contributed by atoms with van der Waals surface area (Å²) in [6.45, 7) is 6.13. The zero-order chi connectivity index (χ0) is 26.2. The summed E-state index contributed by atoms with van der Waals surface area (Å²) in [6.07, 6.45) is 2.11. The van der Waals surface area contributed by atoms with E-state index in [-0.39, 0.29) is 11.9 Å². The Morgan fingerprint density at radius 3 is 2.63 bits per heavy atom. The highest BCUT2D eigenvalue weighted by molar-refractivity contribution is 5.61. The molecule has 0 saturated carbocycles. The molecule has 0 bridgehead atoms. The van der Waals surface area contributed by atoms with Gasteiger partial charge >= 0.3 is 0 Å². The summed E-state index contributed by atoms with van der Waals surface area (Å²) in [7, 11) is 1.75. The molecule has 2 unspecified atom stereocenters. The Kier molecular flexibility index (Phi) is 9.12. The fourth-order valence-electron chi connectivity index (χ4n) is 5.19. The molecule has 202 valence electrons. The Morgan fingerprint density at radius 1 is 1.00 bits per heavy atom. The quantitative estimate of drug-likeness (QED) is 0.346. The zero-order valence-corrected chi connectivity index (χ0v) is 22.0. The third-order valence-electron chi connectivity index (χ3n) is 7.28. The third-order valence-corrected chi connectivity index (χ3v) is 7.28. The summed E-state index contributed by atoms with van der Waals surface area (Å²) in [5.74, 6) is 1.67. The lowest BCUT2D eigenvalue weighted by atomic mass is 9.87. The van der Waals surface area contributed by atoms with E-state index >= 15 is 0 Å². The van der Waals surface area contributed by atoms with E-state index in [4.69, 9.17) is 18.9 Å². The largest absolute Gasteiger partial charge is 0.490 e. The van der Waals surface area contributed by atoms with Crippen LogP contribution in [-0.4, -0.2) is 52.6 Å². The predicted octanol–water partition coefficient (Wildman–Crippen LogP) is 5.30. The lowest BCUT2D eigenvalue weighted by Gasteiger charge is -2.33. The van der Waals surface area contributed by atoms with Gasteiger partial charge in [-0.1, -0.05) is 30.3 Å². The molecule has 1 saturated heterocycles. The molecule has 3 aromatic rings. The Hall–Kier alpha value is -3.13. The van der Waals surface area contributed by atoms with Crippen LogP contribution in [0.15, 0.2) is 66.7 Å². The lowest BCUT2D eigenvalue weighted by molar-refractivity contribution is 0.0106. The summed E-state index contributed by atoms with van der Waals surface area (Å²) >= 11 is 0. The predicted molar refractivity (Wildman–Crippen MR) is 147 cm³/mol. The van der Waals surface area contributed by atoms with Gasteiger partial charge < -0.3 is 29.2 Å². The minimum absolute atomic E-state index is 0.0927. The highest BCUT2D eigenvalue weighted by atomic mass is 19.1. The molecule has 2 heterocycles. The Morgan fingerprint density at radius 2 is 1.82 bits per heavy atom. The van der Waals surface area contributed by atoms with Gasteiger partial charge in [0.2, 0.25) is 0 Å². The minimum Gasteiger partial charge on any atom is -0.490 e. The maximum Gasteiger partial charge on any atom is 0.142 e. The van der Waals surface area contributed by atoms with Crippen LogP contribution in [0.5, 0.6) is 11.5 Å². The van der Waals surface area contributed by atoms with Crippen LogP contribution in [0.3, 0.4) is 0 Å². The number of halogens is 1. The molecule has 7 heteroatoms. The average molecular weight is 521 g/mol. The molecule has 2 aliphatic rings. The number of nitrogens with zero attached hydrogens (tertiary/aromatic N) is 1. The number of hydrogen-bond acceptors (Lipinski definition) is 6. The molecule has 6 nitrogen and oxygen atoms in total. The first-order chi connectivity index (χ1) is 18.7. The van der Waals surface area contributed by atoms with E-state index in [0.29, 0.717) is 31.5 Å². The van der Waals surface area contributed by atoms with Gasteiger partial charge in [0.05, 0.1) is 24.9 Å². The number of ether oxygens (including phenoxy) is 4. The van der Waals surface area contributed by atoms with Crippen LogP contribution >= 0.6 is 0 Å². The Labute approximate surface area is 224 Å². The van der Waals surface area contributed by atoms with Gasteiger partial charge in [-0.2, -0.15) is 0 Å². The maximum atomic E-state index is 13.1. The van der Waals surface area contributed by atoms with Crippen LogP contribution in [0, 0.1) is 5.82 Å². The van der Waals surface area contributed by atoms with Crippen molar-refractivity contribution in [2.75, 3.05) is 51.4 Å². The van der Waals surface area contributed by atoms with Crippen LogP contribution < -0.4 is 19.7 Å². The maximum absolute atomic E-state index is 13.1. The first kappa shape index (κ1) is 26.5. The van der Waals surface area contributed by atoms with Crippen LogP contribution in [0.2, 0.25) is 0 Å². The summed E-state index contributed by atoms with van der Waals surface area (Å²) in [5, 5.41) is 3.50. The second-order valence-corrected chi connectivity index (χ2v) is 9.92. The number of rotatable bonds is 11. The highest BCUT2D eigenvalue weighted by Crippen LogP contribution is 2.34. The van der Waals surface area contributed by atoms with Crippen molar-refractivity contribution in [3.8, 4) is 11.5 Å². The van der Waals surface area contributed by atoms with E-state index < -0.39 is 0 Å². The smallest absolute Gasteiger partial charge is 0.142 e. The van der Waals surface area contributed by atoms with E-state index in [1.807, 2.05) is 0 Å². The van der Waals surface area contributed by atoms with Crippen molar-refractivity contribution < 1.29 is 23.3 Å². The van der Waals surface area contributed by atoms with E-state index in [2.05, 4.69) is 52.7 Å². The molecule has 3 aromatic carbocycles. The van der Waals surface area contributed by atoms with Crippen LogP contribution in [0.4, 0.5) is 10.1 Å². The molecule has 2 aliphatic heterocycles. The monoisotopic (exact) mass is 520 g/mol. The van der Waals surface area contributed by atoms with Gasteiger partial charge in [-0.15, -0.1) is 0 Å². The van der Waals surface area contributed by atoms with Crippen molar-refractivity contribution in [2.45, 2.75) is 38.1 Å². The number of fused-ring (bicyclic) bond motifs is 1. The number of hydrogen-bond donors (Lipinski definition) is 1. The van der Waals surface area contributed by atoms with Gasteiger partial charge in [0.1, 0.15) is 30.5 Å². The fourth-order valence-corrected chi connectivity index (χ4v) is 5.19. The third kappa shape index (κ3) is 6.84. The molecule has 0 amide bonds. The van der Waals surface area contributed by atoms with Crippen LogP contribution in [-0.2, 0) is 22.7 Å². The summed E-state index contributed by atoms with van der Waals surface area (Å²) in [4.78, 5) is 2.38. The molecule has 5 rings (SSSR count). The van der Waals surface area contributed by atoms with Crippen LogP contribution in [0.25, 0.3) is 0 Å². The van der Waals surface area contributed by atoms with E-state index in [9.17, 15) is 4.39 Å². The van der Waals surface area contributed by atoms with E-state index in [0.717, 1.165) is 68.2 Å². The van der Waals surface area contributed by atoms with Gasteiger partial charge in [0.25, 0.3) is 0 Å². The molecule has 1 fully saturated rings. The molecule has 0 spiro atoms. The Balaban J connectivity index is 1.19. The lowest BCUT2D eigenvalue weighted by Crippen LogP contribution is -2.41. The molecular formula is C31H37FN2O4. The summed E-state index contributed by atoms with van der Waals surface area (Å²) in [5.41, 5.74) is 4.66. The summed E-state index contributed by atoms with van der Waals surface area (Å²) in [6, 6.07) is 21.1. The van der Waals surface area contributed by atoms with E-state index in [1.54, 1.807) is 19.2 Å². The molecule has 0 aliphatic carbocycles. The van der Waals surface area contributed by atoms with Crippen molar-refractivity contribution >= 4 is 5.69 Å². The molecule has 0 aromatic heterocycles. The number of nitrogens with one attached hydrogen (secondary N) is 1. The molecule has 2 atom stereocenters. The van der Waals surface area contributed by atoms with Crippen LogP contribution in [0.1, 0.15) is 35.4 Å². The topological polar surface area (TPSA) is 52.2 Å². The van der Waals surface area contributed by atoms with Crippen molar-refractivity contribution in [1.29, 1.82) is 0 Å². The van der Waals surface area contributed by atoms with Gasteiger partial charge in [-0.05, 0) is 72.5 Å². The second-order valence-electron chi connectivity index (χ2n) is 9.92. The first-order valence-corrected chi connectivity index (χ1v) is 13.5. The van der Waals surface area contributed by atoms with Crippen molar-refractivity contribution in [3.05, 3.63) is 89.2 Å². The zero-order valence-electron chi connectivity index (χ0n) is 22.0. The second kappa shape index (κ2) is 13.1. The Bertz CT molecular complexity index is 1160. The summed E-state index contributed by atoms with van der Waals surface area (Å²) < 4.78 is 36.5. The number of methoxy groups -OCH3 is 1. The molecule has 0 radical (unpaired) electrons.